The lowest BCUT2D eigenvalue weighted by Gasteiger charge is -2.53. The van der Waals surface area contributed by atoms with Gasteiger partial charge in [-0.3, -0.25) is 4.79 Å². The topological polar surface area (TPSA) is 145 Å². The van der Waals surface area contributed by atoms with Gasteiger partial charge in [0.2, 0.25) is 5.91 Å². The van der Waals surface area contributed by atoms with Crippen LogP contribution in [-0.2, 0) is 27.2 Å². The number of nitrogens with zero attached hydrogens (tertiary/aromatic N) is 2. The Hall–Kier alpha value is -3.74. The number of benzene rings is 1. The predicted molar refractivity (Wildman–Crippen MR) is 191 cm³/mol. The molecule has 5 heterocycles. The number of anilines is 1. The molecule has 1 amide bonds. The van der Waals surface area contributed by atoms with Gasteiger partial charge in [-0.05, 0) is 61.1 Å². The second-order valence-corrected chi connectivity index (χ2v) is 16.1. The minimum absolute atomic E-state index is 0.0527. The Morgan fingerprint density at radius 1 is 1.22 bits per heavy atom. The van der Waals surface area contributed by atoms with Gasteiger partial charge in [-0.2, -0.15) is 0 Å². The molecule has 2 aromatic heterocycles. The second-order valence-electron chi connectivity index (χ2n) is 13.6. The third kappa shape index (κ3) is 5.85. The molecule has 1 aromatic carbocycles. The molecule has 5 unspecified atom stereocenters. The van der Waals surface area contributed by atoms with Crippen LogP contribution in [0.1, 0.15) is 62.6 Å². The van der Waals surface area contributed by atoms with E-state index in [0.717, 1.165) is 46.4 Å². The van der Waals surface area contributed by atoms with E-state index in [1.807, 2.05) is 24.0 Å². The van der Waals surface area contributed by atoms with E-state index in [-0.39, 0.29) is 31.4 Å². The number of fused-ring (bicyclic) bond motifs is 7. The van der Waals surface area contributed by atoms with Crippen LogP contribution in [0, 0.1) is 5.92 Å². The number of amides is 1. The highest BCUT2D eigenvalue weighted by molar-refractivity contribution is 8.76. The first kappa shape index (κ1) is 33.7. The molecule has 3 aromatic rings. The standard InChI is InChI=1S/C37H41N3O7S2/c1-4-21(9-11-41)35(44)47-36(3)10-8-24-19-48-49-20-28-22(5-2)18-40(28)32(42)13-26-17-39-31(38)14-27(26)34(24)37(36)16-25-12-23-6-7-33(43)45-29(23)15-30(25)46-37/h4,6-8,12,14-15,17,22,28,34,41H,5,9-11,13,16,18-20H2,1-3H3,(H2,38,39). The molecular weight excluding hydrogens is 663 g/mol. The van der Waals surface area contributed by atoms with E-state index in [1.54, 1.807) is 52.9 Å². The zero-order chi connectivity index (χ0) is 34.5. The lowest BCUT2D eigenvalue weighted by molar-refractivity contribution is -0.183. The summed E-state index contributed by atoms with van der Waals surface area (Å²) in [5, 5.41) is 10.4. The number of hydrogen-bond donors (Lipinski definition) is 2. The number of nitrogens with two attached hydrogens (primary N) is 1. The Bertz CT molecular complexity index is 1940. The van der Waals surface area contributed by atoms with Crippen LogP contribution in [-0.4, -0.2) is 68.8 Å². The Labute approximate surface area is 292 Å². The molecule has 5 atom stereocenters. The Morgan fingerprint density at radius 2 is 2.06 bits per heavy atom. The smallest absolute Gasteiger partial charge is 0.336 e. The van der Waals surface area contributed by atoms with Crippen molar-refractivity contribution in [1.29, 1.82) is 0 Å². The molecule has 7 rings (SSSR count). The number of carbonyl (C=O) groups is 2. The third-order valence-electron chi connectivity index (χ3n) is 10.8. The minimum atomic E-state index is -1.21. The lowest BCUT2D eigenvalue weighted by atomic mass is 9.61. The summed E-state index contributed by atoms with van der Waals surface area (Å²) in [7, 11) is 3.54. The van der Waals surface area contributed by atoms with Crippen molar-refractivity contribution in [3.63, 3.8) is 0 Å². The Balaban J connectivity index is 1.40. The van der Waals surface area contributed by atoms with Crippen LogP contribution >= 0.6 is 21.6 Å². The summed E-state index contributed by atoms with van der Waals surface area (Å²) in [5.41, 5.74) is 7.87. The SMILES string of the molecule is CC=C(CCO)C(=O)OC1(C)CC=C2CSSCC3C(CC)CN3C(=O)Cc3cnc(N)cc3C2C12Cc1cc3ccc(=O)oc3cc1O2. The van der Waals surface area contributed by atoms with Gasteiger partial charge in [-0.25, -0.2) is 14.6 Å². The van der Waals surface area contributed by atoms with Crippen molar-refractivity contribution < 1.29 is 28.6 Å². The van der Waals surface area contributed by atoms with Crippen molar-refractivity contribution in [2.75, 3.05) is 30.4 Å². The number of rotatable bonds is 5. The van der Waals surface area contributed by atoms with Crippen LogP contribution in [0.2, 0.25) is 0 Å². The Kier molecular flexibility index (Phi) is 9.08. The van der Waals surface area contributed by atoms with E-state index in [9.17, 15) is 19.5 Å². The van der Waals surface area contributed by atoms with E-state index in [1.165, 1.54) is 6.07 Å². The van der Waals surface area contributed by atoms with Gasteiger partial charge in [0, 0.05) is 79.3 Å². The maximum Gasteiger partial charge on any atom is 0.336 e. The molecule has 1 fully saturated rings. The quantitative estimate of drug-likeness (QED) is 0.116. The summed E-state index contributed by atoms with van der Waals surface area (Å²) in [6.07, 6.45) is 7.61. The van der Waals surface area contributed by atoms with Crippen LogP contribution in [0.5, 0.6) is 5.75 Å². The molecule has 49 heavy (non-hydrogen) atoms. The van der Waals surface area contributed by atoms with E-state index in [2.05, 4.69) is 18.0 Å². The molecule has 3 N–H and O–H groups in total. The molecule has 0 saturated carbocycles. The maximum absolute atomic E-state index is 13.9. The van der Waals surface area contributed by atoms with Crippen LogP contribution in [0.15, 0.2) is 69.0 Å². The maximum atomic E-state index is 13.9. The second kappa shape index (κ2) is 13.2. The van der Waals surface area contributed by atoms with Crippen molar-refractivity contribution in [2.45, 2.75) is 76.0 Å². The molecule has 0 radical (unpaired) electrons. The molecule has 10 nitrogen and oxygen atoms in total. The number of carbonyl (C=O) groups excluding carboxylic acids is 2. The minimum Gasteiger partial charge on any atom is -0.481 e. The fourth-order valence-electron chi connectivity index (χ4n) is 8.01. The fourth-order valence-corrected chi connectivity index (χ4v) is 10.6. The lowest BCUT2D eigenvalue weighted by Crippen LogP contribution is -2.63. The van der Waals surface area contributed by atoms with E-state index >= 15 is 0 Å². The predicted octanol–water partition coefficient (Wildman–Crippen LogP) is 5.36. The number of aliphatic hydroxyl groups is 1. The number of esters is 1. The van der Waals surface area contributed by atoms with Crippen LogP contribution in [0.4, 0.5) is 5.82 Å². The van der Waals surface area contributed by atoms with Crippen molar-refractivity contribution >= 4 is 50.3 Å². The van der Waals surface area contributed by atoms with Gasteiger partial charge in [0.05, 0.1) is 12.3 Å². The van der Waals surface area contributed by atoms with E-state index < -0.39 is 28.7 Å². The molecule has 258 valence electrons. The molecule has 12 heteroatoms. The van der Waals surface area contributed by atoms with Gasteiger partial charge in [0.15, 0.2) is 11.2 Å². The summed E-state index contributed by atoms with van der Waals surface area (Å²) in [5.74, 6) is 1.91. The normalized spacial score (nSPS) is 28.2. The molecule has 0 bridgehead atoms. The Morgan fingerprint density at radius 3 is 2.84 bits per heavy atom. The fraction of sp³-hybridized carbons (Fsp3) is 0.459. The van der Waals surface area contributed by atoms with Gasteiger partial charge < -0.3 is 29.6 Å². The number of allylic oxidation sites excluding steroid dienone is 1. The molecule has 1 spiro atoms. The van der Waals surface area contributed by atoms with E-state index in [4.69, 9.17) is 19.6 Å². The van der Waals surface area contributed by atoms with Crippen molar-refractivity contribution in [2.24, 2.45) is 5.92 Å². The summed E-state index contributed by atoms with van der Waals surface area (Å²) in [6, 6.07) is 8.87. The summed E-state index contributed by atoms with van der Waals surface area (Å²) >= 11 is 0. The average molecular weight is 704 g/mol. The van der Waals surface area contributed by atoms with Crippen molar-refractivity contribution in [3.05, 3.63) is 86.9 Å². The van der Waals surface area contributed by atoms with Gasteiger partial charge >= 0.3 is 11.6 Å². The van der Waals surface area contributed by atoms with Crippen LogP contribution in [0.25, 0.3) is 11.0 Å². The highest BCUT2D eigenvalue weighted by Gasteiger charge is 2.64. The van der Waals surface area contributed by atoms with Gasteiger partial charge in [0.1, 0.15) is 17.2 Å². The molecular formula is C37H41N3O7S2. The molecule has 3 aliphatic heterocycles. The first-order chi connectivity index (χ1) is 23.6. The molecule has 4 aliphatic rings. The van der Waals surface area contributed by atoms with Gasteiger partial charge in [-0.1, -0.05) is 46.2 Å². The number of ether oxygens (including phenoxy) is 2. The third-order valence-corrected chi connectivity index (χ3v) is 13.2. The average Bonchev–Trinajstić information content (AvgIpc) is 3.43. The first-order valence-electron chi connectivity index (χ1n) is 16.8. The van der Waals surface area contributed by atoms with Crippen molar-refractivity contribution in [3.8, 4) is 5.75 Å². The highest BCUT2D eigenvalue weighted by atomic mass is 33.1. The van der Waals surface area contributed by atoms with Gasteiger partial charge in [-0.15, -0.1) is 0 Å². The highest BCUT2D eigenvalue weighted by Crippen LogP contribution is 2.58. The zero-order valence-corrected chi connectivity index (χ0v) is 29.5. The first-order valence-corrected chi connectivity index (χ1v) is 19.3. The van der Waals surface area contributed by atoms with Crippen molar-refractivity contribution in [1.82, 2.24) is 9.88 Å². The monoisotopic (exact) mass is 703 g/mol. The summed E-state index contributed by atoms with van der Waals surface area (Å²) < 4.78 is 19.2. The van der Waals surface area contributed by atoms with Gasteiger partial charge in [0.25, 0.3) is 0 Å². The summed E-state index contributed by atoms with van der Waals surface area (Å²) in [4.78, 5) is 46.3. The molecule has 1 aliphatic carbocycles. The number of nitrogen functional groups attached to an aromatic ring is 1. The molecule has 1 saturated heterocycles. The number of hydrogen-bond acceptors (Lipinski definition) is 11. The van der Waals surface area contributed by atoms with E-state index in [0.29, 0.717) is 47.2 Å². The summed E-state index contributed by atoms with van der Waals surface area (Å²) in [6.45, 7) is 6.39. The largest absolute Gasteiger partial charge is 0.481 e. The number of aromatic nitrogens is 1. The number of pyridine rings is 1. The number of aliphatic hydroxyl groups excluding tert-OH is 1. The zero-order valence-electron chi connectivity index (χ0n) is 27.9. The van der Waals surface area contributed by atoms with Crippen LogP contribution in [0.3, 0.4) is 0 Å². The van der Waals surface area contributed by atoms with Crippen LogP contribution < -0.4 is 16.1 Å².